The Kier molecular flexibility index (Phi) is 121. The molecule has 30 valence electrons. The quantitative estimate of drug-likeness (QED) is 0.351. The van der Waals surface area contributed by atoms with Crippen molar-refractivity contribution in [2.75, 3.05) is 0 Å². The predicted molar refractivity (Wildman–Crippen MR) is 12.6 cm³/mol. The zero-order valence-electron chi connectivity index (χ0n) is 1.67. The normalized spacial score (nSPS) is 2.75. The molecule has 1 nitrogen and oxygen atoms in total. The monoisotopic (exact) mass is 261 g/mol. The van der Waals surface area contributed by atoms with E-state index in [1.807, 2.05) is 0 Å². The molecule has 0 aliphatic carbocycles. The number of carbonyl (C=O) groups excluding carboxylic acids is 1. The summed E-state index contributed by atoms with van der Waals surface area (Å²) in [6.07, 6.45) is 0. The van der Waals surface area contributed by atoms with Gasteiger partial charge in [0.25, 0.3) is 0 Å². The molecule has 0 saturated carbocycles. The van der Waals surface area contributed by atoms with E-state index in [2.05, 4.69) is 16.0 Å². The molecule has 0 unspecified atom stereocenters. The number of halogens is 1. The topological polar surface area (TPSA) is 17.1 Å². The summed E-state index contributed by atoms with van der Waals surface area (Å²) in [5.41, 5.74) is 0. The van der Waals surface area contributed by atoms with Crippen LogP contribution >= 0.6 is 9.19 Å². The third-order valence-corrected chi connectivity index (χ3v) is 0. The molecule has 0 radical (unpaired) electrons. The van der Waals surface area contributed by atoms with Crippen LogP contribution in [0.2, 0.25) is 0 Å². The van der Waals surface area contributed by atoms with Crippen LogP contribution in [0.1, 0.15) is 0 Å². The summed E-state index contributed by atoms with van der Waals surface area (Å²) in [5, 5.41) is 0. The van der Waals surface area contributed by atoms with Crippen LogP contribution in [0.3, 0.4) is 0 Å². The summed E-state index contributed by atoms with van der Waals surface area (Å²) in [6.45, 7) is 3.25. The second-order valence-electron chi connectivity index (χ2n) is 0. The van der Waals surface area contributed by atoms with Crippen molar-refractivity contribution in [1.29, 1.82) is 0 Å². The third-order valence-electron chi connectivity index (χ3n) is 0. The van der Waals surface area contributed by atoms with Gasteiger partial charge in [-0.1, -0.05) is 0 Å². The molecule has 0 fully saturated rings. The summed E-state index contributed by atoms with van der Waals surface area (Å²) in [5.74, 6) is 0. The van der Waals surface area contributed by atoms with Gasteiger partial charge in [0.2, 0.25) is 0 Å². The standard InChI is InChI=1S/CHO.Au.ClH/c1-2;;/h1H;;1H/q-1;+1;/p-1. The summed E-state index contributed by atoms with van der Waals surface area (Å²) in [6, 6.07) is 0. The fourth-order valence-electron chi connectivity index (χ4n) is 0. The molecular weight excluding hydrogens is 260 g/mol. The molecule has 0 spiro atoms. The number of hydrogen-bond donors (Lipinski definition) is 0. The van der Waals surface area contributed by atoms with Gasteiger partial charge in [0.05, 0.1) is 0 Å². The van der Waals surface area contributed by atoms with Crippen LogP contribution in [0.4, 0.5) is 0 Å². The Hall–Kier alpha value is 0.700. The molecule has 0 saturated heterocycles. The van der Waals surface area contributed by atoms with Crippen LogP contribution < -0.4 is 0 Å². The Morgan fingerprint density at radius 3 is 1.50 bits per heavy atom. The average Bonchev–Trinajstić information content (AvgIpc) is 1.50. The second kappa shape index (κ2) is 55.0. The molecule has 0 aromatic heterocycles. The molecule has 0 amide bonds. The van der Waals surface area contributed by atoms with Gasteiger partial charge in [-0.15, -0.1) is 0 Å². The van der Waals surface area contributed by atoms with Crippen molar-refractivity contribution in [2.45, 2.75) is 0 Å². The molecule has 0 heterocycles. The van der Waals surface area contributed by atoms with Gasteiger partial charge in [0.15, 0.2) is 0 Å². The van der Waals surface area contributed by atoms with E-state index in [-0.39, 0.29) is 0 Å². The van der Waals surface area contributed by atoms with Crippen molar-refractivity contribution < 1.29 is 24.8 Å². The minimum absolute atomic E-state index is 1.75. The van der Waals surface area contributed by atoms with Crippen LogP contribution in [-0.2, 0) is 24.8 Å². The molecule has 0 bridgehead atoms. The Bertz CT molecular complexity index is 8.00. The first-order valence-electron chi connectivity index (χ1n) is 0.350. The van der Waals surface area contributed by atoms with Crippen molar-refractivity contribution in [2.24, 2.45) is 0 Å². The Morgan fingerprint density at radius 2 is 1.50 bits per heavy atom. The third kappa shape index (κ3) is 15.9. The van der Waals surface area contributed by atoms with Gasteiger partial charge in [-0.05, 0) is 0 Å². The summed E-state index contributed by atoms with van der Waals surface area (Å²) < 4.78 is 0. The maximum absolute atomic E-state index is 7.75. The maximum atomic E-state index is 7.75. The summed E-state index contributed by atoms with van der Waals surface area (Å²) in [4.78, 5) is 7.75. The Balaban J connectivity index is 0. The SMILES string of the molecule is [CH-]=O.[Cl][Au]. The van der Waals surface area contributed by atoms with Gasteiger partial charge in [0, 0.05) is 0 Å². The van der Waals surface area contributed by atoms with E-state index in [0.717, 1.165) is 0 Å². The van der Waals surface area contributed by atoms with E-state index in [1.165, 1.54) is 0 Å². The van der Waals surface area contributed by atoms with Crippen molar-refractivity contribution in [3.8, 4) is 0 Å². The summed E-state index contributed by atoms with van der Waals surface area (Å²) >= 11 is 1.75. The van der Waals surface area contributed by atoms with Gasteiger partial charge >= 0.3 is 29.2 Å². The van der Waals surface area contributed by atoms with E-state index in [1.54, 1.807) is 20.0 Å². The molecule has 0 aliphatic rings. The minimum atomic E-state index is 1.75. The van der Waals surface area contributed by atoms with Gasteiger partial charge < -0.3 is 4.79 Å². The first-order valence-corrected chi connectivity index (χ1v) is 3.03. The fraction of sp³-hybridized carbons (Fsp3) is 0. The van der Waals surface area contributed by atoms with E-state index in [9.17, 15) is 0 Å². The van der Waals surface area contributed by atoms with E-state index >= 15 is 0 Å². The first-order chi connectivity index (χ1) is 2.00. The molecule has 0 aliphatic heterocycles. The number of hydrogen-bond acceptors (Lipinski definition) is 1. The molecule has 0 rings (SSSR count). The molecular formula is CHAuClO-. The molecule has 0 atom stereocenters. The van der Waals surface area contributed by atoms with Crippen molar-refractivity contribution >= 4 is 16.0 Å². The summed E-state index contributed by atoms with van der Waals surface area (Å²) in [7, 11) is 4.58. The van der Waals surface area contributed by atoms with Crippen LogP contribution in [0.25, 0.3) is 0 Å². The van der Waals surface area contributed by atoms with Crippen LogP contribution in [0.5, 0.6) is 0 Å². The Morgan fingerprint density at radius 1 is 1.50 bits per heavy atom. The molecule has 0 aromatic rings. The van der Waals surface area contributed by atoms with Gasteiger partial charge in [-0.3, -0.25) is 6.79 Å². The number of rotatable bonds is 0. The Labute approximate surface area is 41.1 Å². The predicted octanol–water partition coefficient (Wildman–Crippen LogP) is 0.413. The molecule has 3 heteroatoms. The zero-order valence-corrected chi connectivity index (χ0v) is 4.59. The van der Waals surface area contributed by atoms with E-state index < -0.39 is 0 Å². The molecule has 0 aromatic carbocycles. The van der Waals surface area contributed by atoms with E-state index in [0.29, 0.717) is 0 Å². The van der Waals surface area contributed by atoms with Crippen molar-refractivity contribution in [3.05, 3.63) is 0 Å². The second-order valence-corrected chi connectivity index (χ2v) is 0. The van der Waals surface area contributed by atoms with Crippen molar-refractivity contribution in [3.63, 3.8) is 0 Å². The van der Waals surface area contributed by atoms with E-state index in [4.69, 9.17) is 4.79 Å². The molecule has 4 heavy (non-hydrogen) atoms. The molecule has 0 N–H and O–H groups in total. The van der Waals surface area contributed by atoms with Gasteiger partial charge in [0.1, 0.15) is 0 Å². The fourth-order valence-corrected chi connectivity index (χ4v) is 0. The van der Waals surface area contributed by atoms with Crippen LogP contribution in [0, 0.1) is 0 Å². The zero-order chi connectivity index (χ0) is 4.00. The average molecular weight is 261 g/mol. The van der Waals surface area contributed by atoms with Crippen LogP contribution in [-0.4, -0.2) is 6.79 Å². The van der Waals surface area contributed by atoms with Gasteiger partial charge in [-0.25, -0.2) is 0 Å². The van der Waals surface area contributed by atoms with Crippen molar-refractivity contribution in [1.82, 2.24) is 0 Å². The van der Waals surface area contributed by atoms with Crippen LogP contribution in [0.15, 0.2) is 0 Å². The van der Waals surface area contributed by atoms with Gasteiger partial charge in [-0.2, -0.15) is 0 Å². The first kappa shape index (κ1) is 8.83.